The van der Waals surface area contributed by atoms with Crippen LogP contribution in [0.5, 0.6) is 5.75 Å². The van der Waals surface area contributed by atoms with Crippen LogP contribution in [0.4, 0.5) is 0 Å². The molecule has 0 amide bonds. The Bertz CT molecular complexity index is 932. The fourth-order valence-electron chi connectivity index (χ4n) is 4.67. The Morgan fingerprint density at radius 3 is 1.67 bits per heavy atom. The van der Waals surface area contributed by atoms with Crippen molar-refractivity contribution in [2.75, 3.05) is 72.7 Å². The van der Waals surface area contributed by atoms with Crippen molar-refractivity contribution in [2.24, 2.45) is 0 Å². The second-order valence-electron chi connectivity index (χ2n) is 9.27. The molecule has 3 saturated heterocycles. The first-order valence-corrected chi connectivity index (χ1v) is 13.6. The highest BCUT2D eigenvalue weighted by Crippen LogP contribution is 2.37. The highest BCUT2D eigenvalue weighted by molar-refractivity contribution is 5.21. The number of rotatable bonds is 3. The van der Waals surface area contributed by atoms with Gasteiger partial charge in [-0.05, 0) is 12.1 Å². The van der Waals surface area contributed by atoms with Crippen LogP contribution in [0.25, 0.3) is 0 Å². The van der Waals surface area contributed by atoms with Gasteiger partial charge < -0.3 is 47.4 Å². The van der Waals surface area contributed by atoms with E-state index in [1.807, 2.05) is 60.7 Å². The molecule has 0 radical (unpaired) electrons. The van der Waals surface area contributed by atoms with Crippen LogP contribution in [0, 0.1) is 0 Å². The molecule has 0 aromatic heterocycles. The largest absolute Gasteiger partial charge is 0.462 e. The fourth-order valence-corrected chi connectivity index (χ4v) is 4.67. The maximum atomic E-state index is 6.46. The fraction of sp³-hybridized carbons (Fsp3) is 0.586. The Kier molecular flexibility index (Phi) is 11.4. The lowest BCUT2D eigenvalue weighted by Crippen LogP contribution is -2.64. The van der Waals surface area contributed by atoms with Crippen LogP contribution >= 0.6 is 0 Å². The van der Waals surface area contributed by atoms with E-state index in [-0.39, 0.29) is 0 Å². The summed E-state index contributed by atoms with van der Waals surface area (Å²) in [5.41, 5.74) is 0.926. The molecule has 39 heavy (non-hydrogen) atoms. The molecule has 0 bridgehead atoms. The third kappa shape index (κ3) is 8.43. The normalized spacial score (nSPS) is 32.1. The molecule has 0 spiro atoms. The minimum atomic E-state index is -0.748. The van der Waals surface area contributed by atoms with Gasteiger partial charge in [-0.1, -0.05) is 48.5 Å². The first kappa shape index (κ1) is 28.4. The average molecular weight is 547 g/mol. The van der Waals surface area contributed by atoms with Gasteiger partial charge >= 0.3 is 0 Å². The highest BCUT2D eigenvalue weighted by Gasteiger charge is 2.52. The summed E-state index contributed by atoms with van der Waals surface area (Å²) in [5.74, 6) is 0.666. The molecule has 3 fully saturated rings. The maximum Gasteiger partial charge on any atom is 0.229 e. The smallest absolute Gasteiger partial charge is 0.229 e. The molecule has 3 heterocycles. The van der Waals surface area contributed by atoms with E-state index >= 15 is 0 Å². The van der Waals surface area contributed by atoms with Crippen molar-refractivity contribution in [1.82, 2.24) is 0 Å². The molecule has 2 aromatic carbocycles. The van der Waals surface area contributed by atoms with Crippen LogP contribution in [0.3, 0.4) is 0 Å². The SMILES string of the molecule is c1ccc(O[C@@H]2O[C@@H]3COC(c4ccccc4)O[C@H]3[C@@H]3OCCOCCOCCOCCOCCO[C@@H]23)cc1. The van der Waals surface area contributed by atoms with E-state index in [2.05, 4.69) is 0 Å². The van der Waals surface area contributed by atoms with Crippen molar-refractivity contribution < 1.29 is 47.4 Å². The molecule has 1 unspecified atom stereocenters. The Morgan fingerprint density at radius 1 is 0.513 bits per heavy atom. The van der Waals surface area contributed by atoms with Crippen LogP contribution in [-0.2, 0) is 42.6 Å². The topological polar surface area (TPSA) is 92.3 Å². The van der Waals surface area contributed by atoms with Crippen LogP contribution in [0.15, 0.2) is 60.7 Å². The second kappa shape index (κ2) is 15.6. The maximum absolute atomic E-state index is 6.46. The molecule has 0 N–H and O–H groups in total. The second-order valence-corrected chi connectivity index (χ2v) is 9.27. The van der Waals surface area contributed by atoms with Crippen molar-refractivity contribution in [2.45, 2.75) is 37.0 Å². The van der Waals surface area contributed by atoms with Gasteiger partial charge in [-0.3, -0.25) is 0 Å². The summed E-state index contributed by atoms with van der Waals surface area (Å²) in [5, 5.41) is 0. The summed E-state index contributed by atoms with van der Waals surface area (Å²) >= 11 is 0. The molecular formula is C29H38O10. The zero-order chi connectivity index (χ0) is 26.5. The van der Waals surface area contributed by atoms with Gasteiger partial charge in [0.1, 0.15) is 30.2 Å². The van der Waals surface area contributed by atoms with E-state index in [4.69, 9.17) is 47.4 Å². The number of benzene rings is 2. The molecular weight excluding hydrogens is 508 g/mol. The Balaban J connectivity index is 1.33. The van der Waals surface area contributed by atoms with Crippen molar-refractivity contribution in [1.29, 1.82) is 0 Å². The van der Waals surface area contributed by atoms with E-state index in [1.54, 1.807) is 0 Å². The van der Waals surface area contributed by atoms with Gasteiger partial charge in [-0.2, -0.15) is 0 Å². The number of para-hydroxylation sites is 1. The quantitative estimate of drug-likeness (QED) is 0.572. The first-order chi connectivity index (χ1) is 19.4. The summed E-state index contributed by atoms with van der Waals surface area (Å²) in [6, 6.07) is 19.3. The summed E-state index contributed by atoms with van der Waals surface area (Å²) in [7, 11) is 0. The zero-order valence-electron chi connectivity index (χ0n) is 22.1. The van der Waals surface area contributed by atoms with Crippen LogP contribution in [0.2, 0.25) is 0 Å². The standard InChI is InChI=1S/C29H38O10/c1-3-7-22(8-4-1)28-36-21-24-25(39-28)26-27(29(38-24)37-23-9-5-2-6-10-23)35-20-18-33-16-14-31-12-11-30-13-15-32-17-19-34-26/h1-10,24-29H,11-21H2/t24-,25-,26+,27-,28?,29-/m1/s1. The molecule has 5 rings (SSSR count). The van der Waals surface area contributed by atoms with Crippen molar-refractivity contribution in [3.8, 4) is 5.75 Å². The van der Waals surface area contributed by atoms with Gasteiger partial charge in [0.05, 0.1) is 72.7 Å². The van der Waals surface area contributed by atoms with Gasteiger partial charge in [0.2, 0.25) is 6.29 Å². The number of fused-ring (bicyclic) bond motifs is 3. The lowest BCUT2D eigenvalue weighted by molar-refractivity contribution is -0.360. The molecule has 214 valence electrons. The summed E-state index contributed by atoms with van der Waals surface area (Å²) < 4.78 is 60.5. The van der Waals surface area contributed by atoms with Crippen molar-refractivity contribution >= 4 is 0 Å². The lowest BCUT2D eigenvalue weighted by atomic mass is 9.97. The number of hydrogen-bond acceptors (Lipinski definition) is 10. The van der Waals surface area contributed by atoms with Gasteiger partial charge in [0, 0.05) is 5.56 Å². The summed E-state index contributed by atoms with van der Waals surface area (Å²) in [6.07, 6.45) is -3.26. The molecule has 10 nitrogen and oxygen atoms in total. The van der Waals surface area contributed by atoms with Crippen LogP contribution in [0.1, 0.15) is 11.9 Å². The molecule has 10 heteroatoms. The summed E-state index contributed by atoms with van der Waals surface area (Å²) in [4.78, 5) is 0. The summed E-state index contributed by atoms with van der Waals surface area (Å²) in [6.45, 7) is 4.68. The van der Waals surface area contributed by atoms with Gasteiger partial charge in [-0.15, -0.1) is 0 Å². The van der Waals surface area contributed by atoms with E-state index in [0.717, 1.165) is 5.56 Å². The molecule has 0 aliphatic carbocycles. The Morgan fingerprint density at radius 2 is 1.05 bits per heavy atom. The minimum absolute atomic E-state index is 0.318. The minimum Gasteiger partial charge on any atom is -0.462 e. The van der Waals surface area contributed by atoms with E-state index in [9.17, 15) is 0 Å². The van der Waals surface area contributed by atoms with Gasteiger partial charge in [0.15, 0.2) is 6.29 Å². The molecule has 3 aliphatic rings. The predicted molar refractivity (Wildman–Crippen MR) is 138 cm³/mol. The van der Waals surface area contributed by atoms with Crippen LogP contribution in [-0.4, -0.2) is 103 Å². The zero-order valence-corrected chi connectivity index (χ0v) is 22.1. The Hall–Kier alpha value is -2.12. The molecule has 3 aliphatic heterocycles. The van der Waals surface area contributed by atoms with E-state index in [0.29, 0.717) is 78.4 Å². The third-order valence-corrected chi connectivity index (χ3v) is 6.54. The van der Waals surface area contributed by atoms with Gasteiger partial charge in [-0.25, -0.2) is 0 Å². The number of ether oxygens (including phenoxy) is 10. The first-order valence-electron chi connectivity index (χ1n) is 13.6. The lowest BCUT2D eigenvalue weighted by Gasteiger charge is -2.48. The van der Waals surface area contributed by atoms with E-state index in [1.165, 1.54) is 0 Å². The average Bonchev–Trinajstić information content (AvgIpc) is 2.98. The molecule has 0 saturated carbocycles. The monoisotopic (exact) mass is 546 g/mol. The number of hydrogen-bond donors (Lipinski definition) is 0. The molecule has 2 aromatic rings. The molecule has 6 atom stereocenters. The van der Waals surface area contributed by atoms with Crippen molar-refractivity contribution in [3.63, 3.8) is 0 Å². The third-order valence-electron chi connectivity index (χ3n) is 6.54. The predicted octanol–water partition coefficient (Wildman–Crippen LogP) is 2.75. The van der Waals surface area contributed by atoms with Gasteiger partial charge in [0.25, 0.3) is 0 Å². The highest BCUT2D eigenvalue weighted by atomic mass is 16.8. The van der Waals surface area contributed by atoms with Crippen LogP contribution < -0.4 is 4.74 Å². The Labute approximate surface area is 229 Å². The van der Waals surface area contributed by atoms with E-state index < -0.39 is 37.0 Å². The van der Waals surface area contributed by atoms with Crippen molar-refractivity contribution in [3.05, 3.63) is 66.2 Å².